The molecule has 0 aliphatic heterocycles. The molecule has 0 bridgehead atoms. The third-order valence-electron chi connectivity index (χ3n) is 4.08. The Labute approximate surface area is 139 Å². The van der Waals surface area contributed by atoms with Crippen LogP contribution in [0.4, 0.5) is 0 Å². The summed E-state index contributed by atoms with van der Waals surface area (Å²) in [5.41, 5.74) is 3.04. The zero-order chi connectivity index (χ0) is 16.6. The average molecular weight is 329 g/mol. The van der Waals surface area contributed by atoms with E-state index in [4.69, 9.17) is 11.6 Å². The van der Waals surface area contributed by atoms with E-state index in [2.05, 4.69) is 15.2 Å². The third-order valence-corrected chi connectivity index (χ3v) is 4.31. The van der Waals surface area contributed by atoms with Crippen LogP contribution >= 0.6 is 11.6 Å². The second-order valence-corrected chi connectivity index (χ2v) is 6.03. The van der Waals surface area contributed by atoms with Crippen molar-refractivity contribution in [3.05, 3.63) is 58.4 Å². The van der Waals surface area contributed by atoms with Crippen LogP contribution in [0.25, 0.3) is 11.0 Å². The van der Waals surface area contributed by atoms with Gasteiger partial charge in [-0.25, -0.2) is 4.98 Å². The highest BCUT2D eigenvalue weighted by atomic mass is 35.5. The van der Waals surface area contributed by atoms with E-state index in [0.717, 1.165) is 16.6 Å². The van der Waals surface area contributed by atoms with Crippen molar-refractivity contribution in [1.29, 1.82) is 0 Å². The maximum Gasteiger partial charge on any atom is 0.255 e. The summed E-state index contributed by atoms with van der Waals surface area (Å²) in [6.07, 6.45) is 1.56. The van der Waals surface area contributed by atoms with Gasteiger partial charge in [-0.1, -0.05) is 23.7 Å². The summed E-state index contributed by atoms with van der Waals surface area (Å²) in [6, 6.07) is 9.26. The number of aryl methyl sites for hydroxylation is 1. The molecule has 0 spiro atoms. The van der Waals surface area contributed by atoms with Crippen molar-refractivity contribution in [2.24, 2.45) is 0 Å². The van der Waals surface area contributed by atoms with Crippen molar-refractivity contribution in [3.63, 3.8) is 0 Å². The summed E-state index contributed by atoms with van der Waals surface area (Å²) >= 11 is 6.04. The third kappa shape index (κ3) is 2.92. The van der Waals surface area contributed by atoms with Crippen LogP contribution in [0.1, 0.15) is 34.6 Å². The number of pyridine rings is 1. The number of fused-ring (bicyclic) bond motifs is 1. The number of nitrogens with zero attached hydrogens (tertiary/aromatic N) is 3. The van der Waals surface area contributed by atoms with Crippen molar-refractivity contribution in [1.82, 2.24) is 20.1 Å². The largest absolute Gasteiger partial charge is 0.335 e. The number of hydrogen-bond acceptors (Lipinski definition) is 3. The summed E-state index contributed by atoms with van der Waals surface area (Å²) in [6.45, 7) is 3.88. The highest BCUT2D eigenvalue weighted by Gasteiger charge is 2.20. The number of nitrogens with one attached hydrogen (secondary N) is 1. The standard InChI is InChI=1S/C17H17ClN4O/c1-10-15-8-13(9-19-16(15)21-20-10)17(23)22(3)11(2)12-5-4-6-14(18)7-12/h4-9,11H,1-3H3,(H,19,20,21). The first-order valence-corrected chi connectivity index (χ1v) is 7.68. The molecule has 1 atom stereocenters. The van der Waals surface area contributed by atoms with Gasteiger partial charge in [-0.3, -0.25) is 9.89 Å². The SMILES string of the molecule is Cc1[nH]nc2ncc(C(=O)N(C)C(C)c3cccc(Cl)c3)cc12. The molecule has 5 nitrogen and oxygen atoms in total. The minimum Gasteiger partial charge on any atom is -0.335 e. The summed E-state index contributed by atoms with van der Waals surface area (Å²) in [5, 5.41) is 8.48. The summed E-state index contributed by atoms with van der Waals surface area (Å²) in [4.78, 5) is 18.7. The predicted molar refractivity (Wildman–Crippen MR) is 90.6 cm³/mol. The highest BCUT2D eigenvalue weighted by molar-refractivity contribution is 6.30. The molecule has 1 amide bonds. The summed E-state index contributed by atoms with van der Waals surface area (Å²) in [7, 11) is 1.78. The molecule has 3 aromatic rings. The molecule has 0 saturated heterocycles. The molecule has 118 valence electrons. The van der Waals surface area contributed by atoms with E-state index in [1.807, 2.05) is 44.2 Å². The van der Waals surface area contributed by atoms with Gasteiger partial charge >= 0.3 is 0 Å². The number of amides is 1. The van der Waals surface area contributed by atoms with Gasteiger partial charge in [-0.05, 0) is 37.6 Å². The highest BCUT2D eigenvalue weighted by Crippen LogP contribution is 2.24. The van der Waals surface area contributed by atoms with Crippen LogP contribution in [0, 0.1) is 6.92 Å². The number of aromatic nitrogens is 3. The fraction of sp³-hybridized carbons (Fsp3) is 0.235. The molecule has 2 heterocycles. The molecular formula is C17H17ClN4O. The molecule has 3 rings (SSSR count). The number of halogens is 1. The molecule has 6 heteroatoms. The van der Waals surface area contributed by atoms with E-state index >= 15 is 0 Å². The van der Waals surface area contributed by atoms with Gasteiger partial charge in [0.05, 0.1) is 11.6 Å². The van der Waals surface area contributed by atoms with Crippen molar-refractivity contribution in [2.75, 3.05) is 7.05 Å². The number of hydrogen-bond donors (Lipinski definition) is 1. The van der Waals surface area contributed by atoms with Crippen molar-refractivity contribution >= 4 is 28.5 Å². The van der Waals surface area contributed by atoms with Crippen molar-refractivity contribution < 1.29 is 4.79 Å². The number of benzene rings is 1. The van der Waals surface area contributed by atoms with Gasteiger partial charge in [0.15, 0.2) is 5.65 Å². The minimum absolute atomic E-state index is 0.0903. The Bertz CT molecular complexity index is 874. The zero-order valence-corrected chi connectivity index (χ0v) is 13.9. The number of carbonyl (C=O) groups excluding carboxylic acids is 1. The number of carbonyl (C=O) groups is 1. The Morgan fingerprint density at radius 3 is 2.87 bits per heavy atom. The summed E-state index contributed by atoms with van der Waals surface area (Å²) < 4.78 is 0. The number of rotatable bonds is 3. The van der Waals surface area contributed by atoms with E-state index in [1.165, 1.54) is 0 Å². The van der Waals surface area contributed by atoms with Gasteiger partial charge in [-0.2, -0.15) is 5.10 Å². The first kappa shape index (κ1) is 15.5. The molecule has 1 unspecified atom stereocenters. The maximum absolute atomic E-state index is 12.7. The maximum atomic E-state index is 12.7. The molecular weight excluding hydrogens is 312 g/mol. The van der Waals surface area contributed by atoms with E-state index in [-0.39, 0.29) is 11.9 Å². The monoisotopic (exact) mass is 328 g/mol. The van der Waals surface area contributed by atoms with Crippen molar-refractivity contribution in [3.8, 4) is 0 Å². The predicted octanol–water partition coefficient (Wildman–Crippen LogP) is 3.75. The Hall–Kier alpha value is -2.40. The van der Waals surface area contributed by atoms with Crippen LogP contribution in [0.2, 0.25) is 5.02 Å². The van der Waals surface area contributed by atoms with Crippen LogP contribution in [-0.4, -0.2) is 33.0 Å². The van der Waals surface area contributed by atoms with Crippen molar-refractivity contribution in [2.45, 2.75) is 19.9 Å². The molecule has 0 radical (unpaired) electrons. The number of aromatic amines is 1. The lowest BCUT2D eigenvalue weighted by molar-refractivity contribution is 0.0742. The Kier molecular flexibility index (Phi) is 4.05. The van der Waals surface area contributed by atoms with Crippen LogP contribution in [0.5, 0.6) is 0 Å². The molecule has 0 aliphatic carbocycles. The van der Waals surface area contributed by atoms with E-state index in [1.54, 1.807) is 18.1 Å². The Morgan fingerprint density at radius 1 is 1.35 bits per heavy atom. The zero-order valence-electron chi connectivity index (χ0n) is 13.2. The number of H-pyrrole nitrogens is 1. The lowest BCUT2D eigenvalue weighted by atomic mass is 10.1. The summed E-state index contributed by atoms with van der Waals surface area (Å²) in [5.74, 6) is -0.0903. The molecule has 0 aliphatic rings. The molecule has 1 N–H and O–H groups in total. The lowest BCUT2D eigenvalue weighted by Crippen LogP contribution is -2.29. The lowest BCUT2D eigenvalue weighted by Gasteiger charge is -2.25. The normalized spacial score (nSPS) is 12.3. The molecule has 2 aromatic heterocycles. The molecule has 0 fully saturated rings. The second kappa shape index (κ2) is 6.01. The quantitative estimate of drug-likeness (QED) is 0.796. The smallest absolute Gasteiger partial charge is 0.255 e. The van der Waals surface area contributed by atoms with Crippen LogP contribution in [0.15, 0.2) is 36.5 Å². The van der Waals surface area contributed by atoms with Gasteiger partial charge in [0.1, 0.15) is 0 Å². The molecule has 0 saturated carbocycles. The van der Waals surface area contributed by atoms with Crippen LogP contribution in [0.3, 0.4) is 0 Å². The van der Waals surface area contributed by atoms with Gasteiger partial charge in [0.25, 0.3) is 5.91 Å². The average Bonchev–Trinajstić information content (AvgIpc) is 2.93. The Morgan fingerprint density at radius 2 is 2.13 bits per heavy atom. The van der Waals surface area contributed by atoms with E-state index in [0.29, 0.717) is 16.2 Å². The molecule has 1 aromatic carbocycles. The fourth-order valence-corrected chi connectivity index (χ4v) is 2.70. The van der Waals surface area contributed by atoms with Gasteiger partial charge < -0.3 is 4.90 Å². The minimum atomic E-state index is -0.0951. The van der Waals surface area contributed by atoms with Crippen LogP contribution in [-0.2, 0) is 0 Å². The fourth-order valence-electron chi connectivity index (χ4n) is 2.51. The topological polar surface area (TPSA) is 61.9 Å². The first-order chi connectivity index (χ1) is 11.0. The second-order valence-electron chi connectivity index (χ2n) is 5.59. The molecule has 23 heavy (non-hydrogen) atoms. The first-order valence-electron chi connectivity index (χ1n) is 7.30. The van der Waals surface area contributed by atoms with Gasteiger partial charge in [0.2, 0.25) is 0 Å². The van der Waals surface area contributed by atoms with Gasteiger partial charge in [0, 0.05) is 29.3 Å². The van der Waals surface area contributed by atoms with E-state index < -0.39 is 0 Å². The van der Waals surface area contributed by atoms with E-state index in [9.17, 15) is 4.79 Å². The van der Waals surface area contributed by atoms with Crippen LogP contribution < -0.4 is 0 Å². The Balaban J connectivity index is 1.89. The van der Waals surface area contributed by atoms with Gasteiger partial charge in [-0.15, -0.1) is 0 Å².